The van der Waals surface area contributed by atoms with E-state index in [-0.39, 0.29) is 6.10 Å². The average Bonchev–Trinajstić information content (AvgIpc) is 2.46. The largest absolute Gasteiger partial charge is 0.496 e. The van der Waals surface area contributed by atoms with Crippen LogP contribution >= 0.6 is 0 Å². The number of benzene rings is 1. The van der Waals surface area contributed by atoms with Crippen molar-refractivity contribution in [3.63, 3.8) is 0 Å². The number of likely N-dealkylation sites (N-methyl/N-ethyl adjacent to an activating group) is 1. The summed E-state index contributed by atoms with van der Waals surface area (Å²) in [5, 5.41) is 10.4. The molecule has 5 heteroatoms. The summed E-state index contributed by atoms with van der Waals surface area (Å²) in [6.07, 6.45) is -1.25. The number of aliphatic hydroxyl groups excluding tert-OH is 1. The Morgan fingerprint density at radius 1 is 1.58 bits per heavy atom. The first-order valence-electron chi connectivity index (χ1n) is 6.51. The fourth-order valence-electron chi connectivity index (χ4n) is 2.35. The number of nitrogens with zero attached hydrogens (tertiary/aromatic N) is 1. The normalized spacial score (nSPS) is 22.2. The van der Waals surface area contributed by atoms with Gasteiger partial charge < -0.3 is 14.6 Å². The minimum atomic E-state index is -0.889. The minimum absolute atomic E-state index is 0.357. The molecule has 1 heterocycles. The number of halogens is 1. The molecular weight excluding hydrogens is 249 g/mol. The molecule has 1 aliphatic heterocycles. The Bertz CT molecular complexity index is 427. The first-order chi connectivity index (χ1) is 9.15. The van der Waals surface area contributed by atoms with E-state index in [4.69, 9.17) is 9.47 Å². The number of ether oxygens (including phenoxy) is 2. The number of morpholine rings is 1. The van der Waals surface area contributed by atoms with Crippen LogP contribution in [-0.2, 0) is 4.74 Å². The Hall–Kier alpha value is -1.17. The molecular formula is C14H20FNO3. The maximum Gasteiger partial charge on any atom is 0.124 e. The van der Waals surface area contributed by atoms with Crippen molar-refractivity contribution in [1.82, 2.24) is 4.90 Å². The van der Waals surface area contributed by atoms with Crippen LogP contribution in [0.3, 0.4) is 0 Å². The van der Waals surface area contributed by atoms with Crippen LogP contribution in [0.1, 0.15) is 18.6 Å². The number of hydrogen-bond acceptors (Lipinski definition) is 4. The number of hydrogen-bond donors (Lipinski definition) is 1. The average molecular weight is 269 g/mol. The first-order valence-corrected chi connectivity index (χ1v) is 6.51. The Balaban J connectivity index is 2.18. The van der Waals surface area contributed by atoms with E-state index in [9.17, 15) is 9.50 Å². The number of rotatable bonds is 4. The lowest BCUT2D eigenvalue weighted by Crippen LogP contribution is -2.44. The maximum atomic E-state index is 13.3. The fraction of sp³-hybridized carbons (Fsp3) is 0.571. The molecule has 0 aliphatic carbocycles. The highest BCUT2D eigenvalue weighted by Gasteiger charge is 2.29. The Kier molecular flexibility index (Phi) is 4.74. The summed E-state index contributed by atoms with van der Waals surface area (Å²) in [5.41, 5.74) is 0.436. The van der Waals surface area contributed by atoms with E-state index in [1.54, 1.807) is 0 Å². The molecule has 106 valence electrons. The minimum Gasteiger partial charge on any atom is -0.496 e. The van der Waals surface area contributed by atoms with E-state index < -0.39 is 11.9 Å². The van der Waals surface area contributed by atoms with E-state index >= 15 is 0 Å². The second-order valence-electron chi connectivity index (χ2n) is 4.63. The van der Waals surface area contributed by atoms with Gasteiger partial charge in [-0.1, -0.05) is 6.92 Å². The predicted octanol–water partition coefficient (Wildman–Crippen LogP) is 1.59. The van der Waals surface area contributed by atoms with Crippen molar-refractivity contribution in [1.29, 1.82) is 0 Å². The van der Waals surface area contributed by atoms with Gasteiger partial charge in [-0.05, 0) is 24.7 Å². The van der Waals surface area contributed by atoms with Crippen molar-refractivity contribution in [2.24, 2.45) is 0 Å². The third-order valence-electron chi connectivity index (χ3n) is 3.49. The second-order valence-corrected chi connectivity index (χ2v) is 4.63. The zero-order chi connectivity index (χ0) is 13.8. The number of methoxy groups -OCH3 is 1. The molecule has 1 saturated heterocycles. The third kappa shape index (κ3) is 3.23. The van der Waals surface area contributed by atoms with Crippen LogP contribution in [0.4, 0.5) is 4.39 Å². The molecule has 0 spiro atoms. The maximum absolute atomic E-state index is 13.3. The predicted molar refractivity (Wildman–Crippen MR) is 69.8 cm³/mol. The summed E-state index contributed by atoms with van der Waals surface area (Å²) < 4.78 is 24.1. The lowest BCUT2D eigenvalue weighted by molar-refractivity contribution is -0.0894. The molecule has 2 atom stereocenters. The van der Waals surface area contributed by atoms with Gasteiger partial charge in [-0.25, -0.2) is 4.39 Å². The zero-order valence-electron chi connectivity index (χ0n) is 11.3. The summed E-state index contributed by atoms with van der Waals surface area (Å²) in [6, 6.07) is 4.14. The van der Waals surface area contributed by atoms with Crippen molar-refractivity contribution in [3.8, 4) is 5.75 Å². The topological polar surface area (TPSA) is 41.9 Å². The highest BCUT2D eigenvalue weighted by atomic mass is 19.1. The standard InChI is InChI=1S/C14H20FNO3/c1-3-16-6-7-19-13(9-16)14(17)11-8-10(15)4-5-12(11)18-2/h4-5,8,13-14,17H,3,6-7,9H2,1-2H3. The second kappa shape index (κ2) is 6.32. The molecule has 1 N–H and O–H groups in total. The molecule has 1 aromatic carbocycles. The summed E-state index contributed by atoms with van der Waals surface area (Å²) >= 11 is 0. The molecule has 19 heavy (non-hydrogen) atoms. The van der Waals surface area contributed by atoms with Gasteiger partial charge in [-0.3, -0.25) is 4.90 Å². The summed E-state index contributed by atoms with van der Waals surface area (Å²) in [6.45, 7) is 5.05. The van der Waals surface area contributed by atoms with Crippen LogP contribution in [0.15, 0.2) is 18.2 Å². The quantitative estimate of drug-likeness (QED) is 0.901. The van der Waals surface area contributed by atoms with E-state index in [2.05, 4.69) is 11.8 Å². The molecule has 0 radical (unpaired) electrons. The Labute approximate surface area is 112 Å². The summed E-state index contributed by atoms with van der Waals surface area (Å²) in [7, 11) is 1.50. The van der Waals surface area contributed by atoms with Gasteiger partial charge in [-0.15, -0.1) is 0 Å². The van der Waals surface area contributed by atoms with Gasteiger partial charge in [0, 0.05) is 18.7 Å². The molecule has 2 rings (SSSR count). The molecule has 0 amide bonds. The Morgan fingerprint density at radius 2 is 2.37 bits per heavy atom. The van der Waals surface area contributed by atoms with E-state index in [0.717, 1.165) is 13.1 Å². The molecule has 0 aromatic heterocycles. The van der Waals surface area contributed by atoms with Crippen LogP contribution in [0.2, 0.25) is 0 Å². The molecule has 1 aromatic rings. The van der Waals surface area contributed by atoms with Gasteiger partial charge in [0.15, 0.2) is 0 Å². The SMILES string of the molecule is CCN1CCOC(C(O)c2cc(F)ccc2OC)C1. The lowest BCUT2D eigenvalue weighted by Gasteiger charge is -2.34. The highest BCUT2D eigenvalue weighted by Crippen LogP contribution is 2.30. The van der Waals surface area contributed by atoms with Crippen LogP contribution in [0.5, 0.6) is 5.75 Å². The lowest BCUT2D eigenvalue weighted by atomic mass is 10.0. The molecule has 1 aliphatic rings. The first kappa shape index (κ1) is 14.2. The highest BCUT2D eigenvalue weighted by molar-refractivity contribution is 5.36. The fourth-order valence-corrected chi connectivity index (χ4v) is 2.35. The van der Waals surface area contributed by atoms with E-state index in [1.807, 2.05) is 0 Å². The van der Waals surface area contributed by atoms with Crippen molar-refractivity contribution >= 4 is 0 Å². The van der Waals surface area contributed by atoms with Crippen LogP contribution in [-0.4, -0.2) is 49.5 Å². The van der Waals surface area contributed by atoms with Crippen molar-refractivity contribution in [2.45, 2.75) is 19.1 Å². The molecule has 2 unspecified atom stereocenters. The van der Waals surface area contributed by atoms with Crippen LogP contribution in [0, 0.1) is 5.82 Å². The van der Waals surface area contributed by atoms with E-state index in [0.29, 0.717) is 24.5 Å². The van der Waals surface area contributed by atoms with Gasteiger partial charge in [0.25, 0.3) is 0 Å². The van der Waals surface area contributed by atoms with Crippen molar-refractivity contribution < 1.29 is 19.0 Å². The van der Waals surface area contributed by atoms with Gasteiger partial charge in [0.05, 0.1) is 13.7 Å². The van der Waals surface area contributed by atoms with Gasteiger partial charge >= 0.3 is 0 Å². The van der Waals surface area contributed by atoms with Gasteiger partial charge in [-0.2, -0.15) is 0 Å². The van der Waals surface area contributed by atoms with Crippen molar-refractivity contribution in [3.05, 3.63) is 29.6 Å². The van der Waals surface area contributed by atoms with Gasteiger partial charge in [0.1, 0.15) is 23.8 Å². The molecule has 0 bridgehead atoms. The van der Waals surface area contributed by atoms with Crippen molar-refractivity contribution in [2.75, 3.05) is 33.4 Å². The van der Waals surface area contributed by atoms with Crippen LogP contribution < -0.4 is 4.74 Å². The Morgan fingerprint density at radius 3 is 3.05 bits per heavy atom. The molecule has 0 saturated carbocycles. The monoisotopic (exact) mass is 269 g/mol. The van der Waals surface area contributed by atoms with E-state index in [1.165, 1.54) is 25.3 Å². The third-order valence-corrected chi connectivity index (χ3v) is 3.49. The van der Waals surface area contributed by atoms with Crippen LogP contribution in [0.25, 0.3) is 0 Å². The van der Waals surface area contributed by atoms with Gasteiger partial charge in [0.2, 0.25) is 0 Å². The molecule has 1 fully saturated rings. The molecule has 4 nitrogen and oxygen atoms in total. The zero-order valence-corrected chi connectivity index (χ0v) is 11.3. The summed E-state index contributed by atoms with van der Waals surface area (Å²) in [4.78, 5) is 2.20. The smallest absolute Gasteiger partial charge is 0.124 e. The number of aliphatic hydroxyl groups is 1. The summed E-state index contributed by atoms with van der Waals surface area (Å²) in [5.74, 6) is 0.0872.